The second kappa shape index (κ2) is 5.86. The molecule has 0 unspecified atom stereocenters. The van der Waals surface area contributed by atoms with Crippen LogP contribution < -0.4 is 4.74 Å². The van der Waals surface area contributed by atoms with Gasteiger partial charge in [-0.2, -0.15) is 0 Å². The van der Waals surface area contributed by atoms with Crippen molar-refractivity contribution < 1.29 is 9.15 Å². The largest absolute Gasteiger partial charge is 0.464 e. The first-order valence-electron chi connectivity index (χ1n) is 7.87. The lowest BCUT2D eigenvalue weighted by Gasteiger charge is -2.10. The molecule has 5 rings (SSSR count). The third kappa shape index (κ3) is 2.39. The van der Waals surface area contributed by atoms with Crippen LogP contribution in [0.4, 0.5) is 0 Å². The average Bonchev–Trinajstić information content (AvgIpc) is 3.31. The van der Waals surface area contributed by atoms with Crippen molar-refractivity contribution in [1.82, 2.24) is 19.4 Å². The zero-order valence-electron chi connectivity index (χ0n) is 13.3. The van der Waals surface area contributed by atoms with Gasteiger partial charge >= 0.3 is 0 Å². The highest BCUT2D eigenvalue weighted by Gasteiger charge is 2.12. The van der Waals surface area contributed by atoms with Gasteiger partial charge in [0.15, 0.2) is 5.65 Å². The first kappa shape index (κ1) is 14.9. The molecular formula is C19H11ClN4O2. The third-order valence-corrected chi connectivity index (χ3v) is 4.40. The number of furan rings is 1. The number of imidazole rings is 1. The second-order valence-corrected chi connectivity index (χ2v) is 6.05. The molecule has 0 aliphatic carbocycles. The maximum absolute atomic E-state index is 6.51. The van der Waals surface area contributed by atoms with Crippen LogP contribution in [-0.2, 0) is 0 Å². The van der Waals surface area contributed by atoms with Gasteiger partial charge in [0.05, 0.1) is 34.8 Å². The van der Waals surface area contributed by atoms with Crippen LogP contribution in [0.1, 0.15) is 0 Å². The molecule has 7 heteroatoms. The van der Waals surface area contributed by atoms with Crippen LogP contribution in [0.5, 0.6) is 11.6 Å². The molecule has 26 heavy (non-hydrogen) atoms. The van der Waals surface area contributed by atoms with Crippen LogP contribution in [0.15, 0.2) is 72.0 Å². The van der Waals surface area contributed by atoms with Gasteiger partial charge in [0.25, 0.3) is 0 Å². The van der Waals surface area contributed by atoms with Crippen molar-refractivity contribution in [2.75, 3.05) is 0 Å². The molecule has 0 radical (unpaired) electrons. The quantitative estimate of drug-likeness (QED) is 0.452. The van der Waals surface area contributed by atoms with Crippen LogP contribution in [-0.4, -0.2) is 19.4 Å². The number of hydrogen-bond donors (Lipinski definition) is 0. The molecule has 0 fully saturated rings. The number of ether oxygens (including phenoxy) is 1. The summed E-state index contributed by atoms with van der Waals surface area (Å²) >= 11 is 6.51. The number of rotatable bonds is 3. The van der Waals surface area contributed by atoms with Crippen molar-refractivity contribution in [3.8, 4) is 22.9 Å². The van der Waals surface area contributed by atoms with E-state index in [-0.39, 0.29) is 0 Å². The van der Waals surface area contributed by atoms with Crippen LogP contribution >= 0.6 is 11.6 Å². The smallest absolute Gasteiger partial charge is 0.230 e. The zero-order chi connectivity index (χ0) is 17.5. The Morgan fingerprint density at radius 3 is 2.92 bits per heavy atom. The van der Waals surface area contributed by atoms with Gasteiger partial charge < -0.3 is 9.15 Å². The molecule has 0 bridgehead atoms. The molecule has 0 aliphatic heterocycles. The highest BCUT2D eigenvalue weighted by Crippen LogP contribution is 2.34. The summed E-state index contributed by atoms with van der Waals surface area (Å²) in [4.78, 5) is 12.7. The minimum atomic E-state index is 0.471. The predicted molar refractivity (Wildman–Crippen MR) is 97.5 cm³/mol. The van der Waals surface area contributed by atoms with Crippen LogP contribution in [0, 0.1) is 0 Å². The Bertz CT molecular complexity index is 1240. The van der Waals surface area contributed by atoms with Gasteiger partial charge in [-0.15, -0.1) is 0 Å². The molecule has 0 saturated carbocycles. The highest BCUT2D eigenvalue weighted by molar-refractivity contribution is 6.33. The van der Waals surface area contributed by atoms with E-state index in [4.69, 9.17) is 20.8 Å². The monoisotopic (exact) mass is 362 g/mol. The van der Waals surface area contributed by atoms with Crippen LogP contribution in [0.2, 0.25) is 5.02 Å². The molecule has 0 atom stereocenters. The fourth-order valence-corrected chi connectivity index (χ4v) is 3.15. The summed E-state index contributed by atoms with van der Waals surface area (Å²) in [5.74, 6) is 1.06. The Balaban J connectivity index is 1.54. The number of aromatic nitrogens is 4. The zero-order valence-corrected chi connectivity index (χ0v) is 14.1. The van der Waals surface area contributed by atoms with Gasteiger partial charge in [-0.25, -0.2) is 9.97 Å². The molecule has 126 valence electrons. The second-order valence-electron chi connectivity index (χ2n) is 5.64. The van der Waals surface area contributed by atoms with E-state index in [0.717, 1.165) is 27.9 Å². The summed E-state index contributed by atoms with van der Waals surface area (Å²) in [6.07, 6.45) is 10.3. The van der Waals surface area contributed by atoms with Crippen molar-refractivity contribution in [3.05, 3.63) is 72.6 Å². The number of halogens is 1. The maximum atomic E-state index is 6.51. The number of hydrogen-bond acceptors (Lipinski definition) is 5. The predicted octanol–water partition coefficient (Wildman–Crippen LogP) is 4.98. The maximum Gasteiger partial charge on any atom is 0.230 e. The van der Waals surface area contributed by atoms with Crippen molar-refractivity contribution in [3.63, 3.8) is 0 Å². The van der Waals surface area contributed by atoms with E-state index >= 15 is 0 Å². The van der Waals surface area contributed by atoms with Crippen molar-refractivity contribution >= 4 is 28.2 Å². The van der Waals surface area contributed by atoms with Gasteiger partial charge in [-0.1, -0.05) is 11.6 Å². The number of pyridine rings is 1. The molecule has 4 heterocycles. The number of nitrogens with zero attached hydrogens (tertiary/aromatic N) is 4. The lowest BCUT2D eigenvalue weighted by atomic mass is 10.1. The van der Waals surface area contributed by atoms with Crippen molar-refractivity contribution in [2.24, 2.45) is 0 Å². The number of benzene rings is 1. The van der Waals surface area contributed by atoms with E-state index < -0.39 is 0 Å². The highest BCUT2D eigenvalue weighted by atomic mass is 35.5. The minimum absolute atomic E-state index is 0.471. The Hall–Kier alpha value is -3.38. The first-order valence-corrected chi connectivity index (χ1v) is 8.24. The van der Waals surface area contributed by atoms with E-state index in [1.54, 1.807) is 43.2 Å². The molecule has 5 aromatic rings. The van der Waals surface area contributed by atoms with Crippen LogP contribution in [0.3, 0.4) is 0 Å². The summed E-state index contributed by atoms with van der Waals surface area (Å²) in [5.41, 5.74) is 3.17. The summed E-state index contributed by atoms with van der Waals surface area (Å²) < 4.78 is 13.2. The fourth-order valence-electron chi connectivity index (χ4n) is 2.88. The minimum Gasteiger partial charge on any atom is -0.464 e. The van der Waals surface area contributed by atoms with Gasteiger partial charge in [0.2, 0.25) is 5.88 Å². The summed E-state index contributed by atoms with van der Waals surface area (Å²) in [6.45, 7) is 0. The first-order chi connectivity index (χ1) is 12.8. The van der Waals surface area contributed by atoms with Crippen molar-refractivity contribution in [1.29, 1.82) is 0 Å². The van der Waals surface area contributed by atoms with E-state index in [9.17, 15) is 0 Å². The molecule has 0 spiro atoms. The molecular weight excluding hydrogens is 352 g/mol. The molecule has 6 nitrogen and oxygen atoms in total. The summed E-state index contributed by atoms with van der Waals surface area (Å²) in [6, 6.07) is 9.10. The Kier molecular flexibility index (Phi) is 3.36. The van der Waals surface area contributed by atoms with E-state index in [0.29, 0.717) is 16.7 Å². The summed E-state index contributed by atoms with van der Waals surface area (Å²) in [5, 5.41) is 1.35. The summed E-state index contributed by atoms with van der Waals surface area (Å²) in [7, 11) is 0. The lowest BCUT2D eigenvalue weighted by molar-refractivity contribution is 0.469. The molecule has 0 amide bonds. The fraction of sp³-hybridized carbons (Fsp3) is 0. The SMILES string of the molecule is Clc1cc(Oc2nccc3occc23)ccc1-c1cncc2nccn12. The Morgan fingerprint density at radius 1 is 1.04 bits per heavy atom. The Labute approximate surface area is 152 Å². The third-order valence-electron chi connectivity index (χ3n) is 4.09. The van der Waals surface area contributed by atoms with E-state index in [1.807, 2.05) is 28.8 Å². The topological polar surface area (TPSA) is 65.5 Å². The van der Waals surface area contributed by atoms with Gasteiger partial charge in [0, 0.05) is 30.2 Å². The molecule has 0 saturated heterocycles. The normalized spacial score (nSPS) is 11.3. The molecule has 0 aliphatic rings. The molecule has 1 aromatic carbocycles. The lowest BCUT2D eigenvalue weighted by Crippen LogP contribution is -1.94. The van der Waals surface area contributed by atoms with Gasteiger partial charge in [-0.3, -0.25) is 9.38 Å². The number of fused-ring (bicyclic) bond motifs is 2. The van der Waals surface area contributed by atoms with E-state index in [2.05, 4.69) is 15.0 Å². The standard InChI is InChI=1S/C19H11ClN4O2/c20-15-9-12(26-19-14-4-8-25-17(14)3-5-23-19)1-2-13(15)16-10-21-11-18-22-6-7-24(16)18/h1-11H. The average molecular weight is 363 g/mol. The molecule has 4 aromatic heterocycles. The van der Waals surface area contributed by atoms with E-state index in [1.165, 1.54) is 0 Å². The Morgan fingerprint density at radius 2 is 2.00 bits per heavy atom. The van der Waals surface area contributed by atoms with Crippen LogP contribution in [0.25, 0.3) is 27.9 Å². The van der Waals surface area contributed by atoms with Gasteiger partial charge in [0.1, 0.15) is 11.3 Å². The van der Waals surface area contributed by atoms with Crippen molar-refractivity contribution in [2.45, 2.75) is 0 Å². The molecule has 0 N–H and O–H groups in total. The van der Waals surface area contributed by atoms with Gasteiger partial charge in [-0.05, 0) is 24.3 Å².